The van der Waals surface area contributed by atoms with Gasteiger partial charge in [-0.15, -0.1) is 0 Å². The van der Waals surface area contributed by atoms with E-state index in [0.717, 1.165) is 11.6 Å². The molecule has 36 heavy (non-hydrogen) atoms. The Morgan fingerprint density at radius 1 is 0.944 bits per heavy atom. The van der Waals surface area contributed by atoms with E-state index in [0.29, 0.717) is 34.7 Å². The summed E-state index contributed by atoms with van der Waals surface area (Å²) < 4.78 is 9.35. The highest BCUT2D eigenvalue weighted by molar-refractivity contribution is 6.39. The molecule has 3 rings (SSSR count). The van der Waals surface area contributed by atoms with E-state index in [4.69, 9.17) is 15.3 Å². The Morgan fingerprint density at radius 3 is 2.03 bits per heavy atom. The van der Waals surface area contributed by atoms with Gasteiger partial charge >= 0.3 is 11.9 Å². The number of hydrogen-bond donors (Lipinski definition) is 2. The molecule has 3 aromatic rings. The maximum absolute atomic E-state index is 11.5. The molecule has 0 saturated carbocycles. The second kappa shape index (κ2) is 13.5. The number of carbonyl (C=O) groups excluding carboxylic acids is 3. The Hall–Kier alpha value is -5.22. The van der Waals surface area contributed by atoms with Crippen molar-refractivity contribution in [1.29, 1.82) is 10.5 Å². The second-order valence-corrected chi connectivity index (χ2v) is 6.88. The number of aromatic nitrogens is 2. The maximum atomic E-state index is 11.5. The van der Waals surface area contributed by atoms with Gasteiger partial charge in [0.15, 0.2) is 0 Å². The van der Waals surface area contributed by atoms with Crippen molar-refractivity contribution in [3.05, 3.63) is 83.1 Å². The molecule has 0 aliphatic carbocycles. The predicted octanol–water partition coefficient (Wildman–Crippen LogP) is 3.71. The number of H-pyrrole nitrogens is 1. The first kappa shape index (κ1) is 27.0. The topological polar surface area (TPSA) is 166 Å². The second-order valence-electron chi connectivity index (χ2n) is 6.88. The Balaban J connectivity index is 0.000000254. The lowest BCUT2D eigenvalue weighted by Crippen LogP contribution is -2.15. The van der Waals surface area contributed by atoms with Gasteiger partial charge in [0.2, 0.25) is 0 Å². The van der Waals surface area contributed by atoms with E-state index in [1.807, 2.05) is 12.1 Å². The van der Waals surface area contributed by atoms with Gasteiger partial charge in [-0.1, -0.05) is 12.1 Å². The lowest BCUT2D eigenvalue weighted by Gasteiger charge is -2.00. The smallest absolute Gasteiger partial charge is 0.379 e. The Labute approximate surface area is 207 Å². The lowest BCUT2D eigenvalue weighted by atomic mass is 10.1. The van der Waals surface area contributed by atoms with Crippen LogP contribution in [0.4, 0.5) is 0 Å². The summed E-state index contributed by atoms with van der Waals surface area (Å²) in [7, 11) is 0. The molecule has 0 aliphatic heterocycles. The van der Waals surface area contributed by atoms with E-state index in [-0.39, 0.29) is 12.4 Å². The Morgan fingerprint density at radius 2 is 1.50 bits per heavy atom. The molecular formula is C26H22N4O6. The van der Waals surface area contributed by atoms with Crippen molar-refractivity contribution in [1.82, 2.24) is 10.2 Å². The van der Waals surface area contributed by atoms with Gasteiger partial charge in [-0.25, -0.2) is 9.59 Å². The van der Waals surface area contributed by atoms with E-state index in [1.165, 1.54) is 24.3 Å². The zero-order chi connectivity index (χ0) is 26.5. The number of carbonyl (C=O) groups is 3. The number of nitrogens with zero attached hydrogens (tertiary/aromatic N) is 3. The fourth-order valence-electron chi connectivity index (χ4n) is 2.68. The van der Waals surface area contributed by atoms with Crippen LogP contribution in [0.25, 0.3) is 17.0 Å². The number of aliphatic hydroxyl groups is 1. The number of rotatable bonds is 7. The molecule has 10 nitrogen and oxygen atoms in total. The van der Waals surface area contributed by atoms with Crippen molar-refractivity contribution in [3.8, 4) is 23.4 Å². The van der Waals surface area contributed by atoms with Gasteiger partial charge in [-0.2, -0.15) is 15.6 Å². The highest BCUT2D eigenvalue weighted by Crippen LogP contribution is 2.18. The van der Waals surface area contributed by atoms with Crippen LogP contribution in [0.3, 0.4) is 0 Å². The third-order valence-corrected chi connectivity index (χ3v) is 4.44. The number of nitrogens with one attached hydrogen (secondary N) is 1. The first-order chi connectivity index (χ1) is 17.3. The summed E-state index contributed by atoms with van der Waals surface area (Å²) in [5.74, 6) is -2.72. The average molecular weight is 486 g/mol. The number of ether oxygens (including phenoxy) is 2. The molecule has 0 atom stereocenters. The van der Waals surface area contributed by atoms with Crippen LogP contribution >= 0.6 is 0 Å². The van der Waals surface area contributed by atoms with Crippen molar-refractivity contribution in [3.63, 3.8) is 0 Å². The maximum Gasteiger partial charge on any atom is 0.379 e. The highest BCUT2D eigenvalue weighted by atomic mass is 16.5. The third-order valence-electron chi connectivity index (χ3n) is 4.44. The zero-order valence-electron chi connectivity index (χ0n) is 19.5. The van der Waals surface area contributed by atoms with Gasteiger partial charge < -0.3 is 14.6 Å². The average Bonchev–Trinajstić information content (AvgIpc) is 3.40. The van der Waals surface area contributed by atoms with Crippen LogP contribution in [-0.2, 0) is 19.1 Å². The SMILES string of the molecule is CCOC(=O)C(=O)C=C(O)c1ccc(C#N)cc1.CCOC(=O)c1cc(-c2ccc(C#N)cc2)n[nH]1. The number of ketones is 1. The summed E-state index contributed by atoms with van der Waals surface area (Å²) in [6.07, 6.45) is 0.791. The minimum atomic E-state index is -1.02. The zero-order valence-corrected chi connectivity index (χ0v) is 19.5. The number of benzene rings is 2. The predicted molar refractivity (Wildman–Crippen MR) is 128 cm³/mol. The summed E-state index contributed by atoms with van der Waals surface area (Å²) in [4.78, 5) is 33.8. The van der Waals surface area contributed by atoms with Crippen molar-refractivity contribution in [2.24, 2.45) is 0 Å². The molecule has 0 amide bonds. The summed E-state index contributed by atoms with van der Waals surface area (Å²) in [6, 6.07) is 18.5. The Bertz CT molecular complexity index is 1330. The van der Waals surface area contributed by atoms with Gasteiger partial charge in [0.05, 0.1) is 42.2 Å². The van der Waals surface area contributed by atoms with Crippen LogP contribution in [0.2, 0.25) is 0 Å². The molecule has 1 heterocycles. The molecular weight excluding hydrogens is 464 g/mol. The highest BCUT2D eigenvalue weighted by Gasteiger charge is 2.14. The fraction of sp³-hybridized carbons (Fsp3) is 0.154. The third kappa shape index (κ3) is 7.68. The van der Waals surface area contributed by atoms with E-state index >= 15 is 0 Å². The van der Waals surface area contributed by atoms with Crippen molar-refractivity contribution in [2.75, 3.05) is 13.2 Å². The van der Waals surface area contributed by atoms with Crippen LogP contribution in [0.1, 0.15) is 41.0 Å². The summed E-state index contributed by atoms with van der Waals surface area (Å²) in [6.45, 7) is 3.74. The van der Waals surface area contributed by atoms with Crippen LogP contribution in [0, 0.1) is 22.7 Å². The van der Waals surface area contributed by atoms with Crippen LogP contribution in [0.15, 0.2) is 60.7 Å². The number of nitriles is 2. The molecule has 0 bridgehead atoms. The lowest BCUT2D eigenvalue weighted by molar-refractivity contribution is -0.151. The van der Waals surface area contributed by atoms with E-state index in [9.17, 15) is 19.5 Å². The normalized spacial score (nSPS) is 10.2. The number of aromatic amines is 1. The van der Waals surface area contributed by atoms with E-state index in [2.05, 4.69) is 14.9 Å². The van der Waals surface area contributed by atoms with E-state index in [1.54, 1.807) is 44.2 Å². The molecule has 2 aromatic carbocycles. The molecule has 1 aromatic heterocycles. The largest absolute Gasteiger partial charge is 0.507 e. The van der Waals surface area contributed by atoms with Gasteiger partial charge in [0.1, 0.15) is 11.5 Å². The molecule has 10 heteroatoms. The molecule has 0 spiro atoms. The molecule has 0 aliphatic rings. The molecule has 0 fully saturated rings. The summed E-state index contributed by atoms with van der Waals surface area (Å²) >= 11 is 0. The minimum Gasteiger partial charge on any atom is -0.507 e. The number of hydrogen-bond acceptors (Lipinski definition) is 9. The molecule has 2 N–H and O–H groups in total. The van der Waals surface area contributed by atoms with Crippen molar-refractivity contribution in [2.45, 2.75) is 13.8 Å². The standard InChI is InChI=1S/C13H11N3O2.C13H11NO4/c1-2-18-13(17)12-7-11(15-16-12)10-5-3-9(8-14)4-6-10;1-2-18-13(17)12(16)7-11(15)10-5-3-9(8-14)4-6-10/h3-7H,2H2,1H3,(H,15,16);3-7,15H,2H2,1H3. The van der Waals surface area contributed by atoms with Crippen LogP contribution in [0.5, 0.6) is 0 Å². The number of aliphatic hydroxyl groups excluding tert-OH is 1. The summed E-state index contributed by atoms with van der Waals surface area (Å²) in [5, 5.41) is 33.6. The quantitative estimate of drug-likeness (QED) is 0.219. The minimum absolute atomic E-state index is 0.0933. The van der Waals surface area contributed by atoms with E-state index < -0.39 is 17.7 Å². The Kier molecular flexibility index (Phi) is 10.1. The first-order valence-corrected chi connectivity index (χ1v) is 10.7. The molecule has 0 radical (unpaired) electrons. The van der Waals surface area contributed by atoms with Crippen LogP contribution < -0.4 is 0 Å². The monoisotopic (exact) mass is 486 g/mol. The van der Waals surface area contributed by atoms with Crippen molar-refractivity contribution < 1.29 is 29.0 Å². The summed E-state index contributed by atoms with van der Waals surface area (Å²) in [5.41, 5.74) is 3.15. The first-order valence-electron chi connectivity index (χ1n) is 10.7. The van der Waals surface area contributed by atoms with Gasteiger partial charge in [0, 0.05) is 17.2 Å². The molecule has 0 saturated heterocycles. The van der Waals surface area contributed by atoms with Crippen molar-refractivity contribution >= 4 is 23.5 Å². The molecule has 182 valence electrons. The number of esters is 2. The fourth-order valence-corrected chi connectivity index (χ4v) is 2.68. The van der Waals surface area contributed by atoms with Crippen LogP contribution in [-0.4, -0.2) is 46.2 Å². The molecule has 0 unspecified atom stereocenters. The van der Waals surface area contributed by atoms with Gasteiger partial charge in [0.25, 0.3) is 5.78 Å². The van der Waals surface area contributed by atoms with Gasteiger partial charge in [-0.3, -0.25) is 9.89 Å². The van der Waals surface area contributed by atoms with Gasteiger partial charge in [-0.05, 0) is 56.3 Å².